The van der Waals surface area contributed by atoms with Crippen LogP contribution in [0, 0.1) is 0 Å². The second-order valence-electron chi connectivity index (χ2n) is 5.15. The number of rotatable bonds is 4. The van der Waals surface area contributed by atoms with Crippen LogP contribution >= 0.6 is 0 Å². The van der Waals surface area contributed by atoms with Crippen LogP contribution in [-0.4, -0.2) is 46.3 Å². The van der Waals surface area contributed by atoms with Crippen molar-refractivity contribution in [1.29, 1.82) is 0 Å². The second-order valence-corrected chi connectivity index (χ2v) is 5.15. The highest BCUT2D eigenvalue weighted by molar-refractivity contribution is 5.82. The van der Waals surface area contributed by atoms with Crippen molar-refractivity contribution in [3.8, 4) is 0 Å². The number of aliphatic hydroxyl groups is 1. The molecule has 0 saturated heterocycles. The molecule has 0 fully saturated rings. The predicted octanol–water partition coefficient (Wildman–Crippen LogP) is 0.980. The summed E-state index contributed by atoms with van der Waals surface area (Å²) >= 11 is 0. The van der Waals surface area contributed by atoms with Crippen molar-refractivity contribution in [1.82, 2.24) is 10.2 Å². The fourth-order valence-corrected chi connectivity index (χ4v) is 2.50. The number of aliphatic hydroxyl groups excluding tert-OH is 1. The molecule has 0 radical (unpaired) electrons. The molecule has 114 valence electrons. The van der Waals surface area contributed by atoms with Gasteiger partial charge in [0.2, 0.25) is 0 Å². The molecule has 21 heavy (non-hydrogen) atoms. The van der Waals surface area contributed by atoms with Crippen LogP contribution < -0.4 is 5.32 Å². The van der Waals surface area contributed by atoms with E-state index >= 15 is 0 Å². The lowest BCUT2D eigenvalue weighted by atomic mass is 10.0. The van der Waals surface area contributed by atoms with Crippen molar-refractivity contribution in [2.45, 2.75) is 31.8 Å². The van der Waals surface area contributed by atoms with Gasteiger partial charge in [0.25, 0.3) is 0 Å². The summed E-state index contributed by atoms with van der Waals surface area (Å²) in [7, 11) is 0. The number of nitrogens with one attached hydrogen (secondary N) is 1. The summed E-state index contributed by atoms with van der Waals surface area (Å²) in [5.41, 5.74) is 2.33. The smallest absolute Gasteiger partial charge is 0.326 e. The quantitative estimate of drug-likeness (QED) is 0.771. The molecule has 0 aromatic heterocycles. The number of aliphatic carboxylic acids is 1. The number of carbonyl (C=O) groups is 2. The highest BCUT2D eigenvalue weighted by Crippen LogP contribution is 2.18. The zero-order valence-corrected chi connectivity index (χ0v) is 11.8. The molecule has 1 aliphatic heterocycles. The lowest BCUT2D eigenvalue weighted by molar-refractivity contribution is -0.139. The van der Waals surface area contributed by atoms with E-state index < -0.39 is 18.0 Å². The maximum Gasteiger partial charge on any atom is 0.326 e. The van der Waals surface area contributed by atoms with Gasteiger partial charge >= 0.3 is 12.0 Å². The van der Waals surface area contributed by atoms with E-state index in [1.807, 2.05) is 18.2 Å². The number of hydrogen-bond acceptors (Lipinski definition) is 3. The summed E-state index contributed by atoms with van der Waals surface area (Å²) in [4.78, 5) is 24.9. The molecular formula is C15H20N2O4. The highest BCUT2D eigenvalue weighted by atomic mass is 16.4. The largest absolute Gasteiger partial charge is 0.480 e. The van der Waals surface area contributed by atoms with Gasteiger partial charge in [-0.3, -0.25) is 0 Å². The number of amides is 2. The van der Waals surface area contributed by atoms with E-state index in [0.29, 0.717) is 13.1 Å². The number of urea groups is 1. The summed E-state index contributed by atoms with van der Waals surface area (Å²) in [6, 6.07) is 6.52. The van der Waals surface area contributed by atoms with Gasteiger partial charge in [-0.15, -0.1) is 0 Å². The lowest BCUT2D eigenvalue weighted by Crippen LogP contribution is -2.48. The van der Waals surface area contributed by atoms with Gasteiger partial charge in [0.05, 0.1) is 0 Å². The van der Waals surface area contributed by atoms with E-state index in [-0.39, 0.29) is 13.0 Å². The van der Waals surface area contributed by atoms with Crippen molar-refractivity contribution in [2.24, 2.45) is 0 Å². The normalized spacial score (nSPS) is 15.8. The molecule has 0 aliphatic carbocycles. The minimum atomic E-state index is -1.13. The fraction of sp³-hybridized carbons (Fsp3) is 0.467. The molecule has 1 atom stereocenters. The third-order valence-corrected chi connectivity index (χ3v) is 3.65. The molecule has 0 saturated carbocycles. The first kappa shape index (κ1) is 15.3. The minimum absolute atomic E-state index is 0.00546. The zero-order chi connectivity index (χ0) is 15.2. The molecule has 0 unspecified atom stereocenters. The summed E-state index contributed by atoms with van der Waals surface area (Å²) in [5.74, 6) is -1.13. The van der Waals surface area contributed by atoms with Gasteiger partial charge in [0.15, 0.2) is 0 Å². The molecular weight excluding hydrogens is 272 g/mol. The SMILES string of the molecule is O=C(O)[C@@H](CCO)NC(=O)N1CCCc2ccccc2C1. The fourth-order valence-electron chi connectivity index (χ4n) is 2.50. The Balaban J connectivity index is 2.04. The average Bonchev–Trinajstić information content (AvgIpc) is 2.68. The number of hydrogen-bond donors (Lipinski definition) is 3. The Morgan fingerprint density at radius 2 is 2.00 bits per heavy atom. The third-order valence-electron chi connectivity index (χ3n) is 3.65. The standard InChI is InChI=1S/C15H20N2O4/c18-9-7-13(14(19)20)16-15(21)17-8-3-6-11-4-1-2-5-12(11)10-17/h1-2,4-5,13,18H,3,6-10H2,(H,16,21)(H,19,20)/t13-/m1/s1. The maximum atomic E-state index is 12.2. The monoisotopic (exact) mass is 292 g/mol. The first-order valence-corrected chi connectivity index (χ1v) is 7.07. The van der Waals surface area contributed by atoms with Crippen molar-refractivity contribution in [3.63, 3.8) is 0 Å². The van der Waals surface area contributed by atoms with Gasteiger partial charge in [-0.1, -0.05) is 24.3 Å². The van der Waals surface area contributed by atoms with Crippen LogP contribution in [0.2, 0.25) is 0 Å². The number of nitrogens with zero attached hydrogens (tertiary/aromatic N) is 1. The molecule has 1 aromatic carbocycles. The van der Waals surface area contributed by atoms with Crippen LogP contribution in [0.5, 0.6) is 0 Å². The zero-order valence-electron chi connectivity index (χ0n) is 11.8. The Bertz CT molecular complexity index is 518. The number of carbonyl (C=O) groups excluding carboxylic acids is 1. The number of benzene rings is 1. The molecule has 1 aromatic rings. The van der Waals surface area contributed by atoms with E-state index in [2.05, 4.69) is 11.4 Å². The number of aryl methyl sites for hydroxylation is 1. The van der Waals surface area contributed by atoms with Crippen LogP contribution in [0.1, 0.15) is 24.0 Å². The van der Waals surface area contributed by atoms with Crippen LogP contribution in [0.4, 0.5) is 4.79 Å². The summed E-state index contributed by atoms with van der Waals surface area (Å²) < 4.78 is 0. The Morgan fingerprint density at radius 3 is 2.67 bits per heavy atom. The molecule has 2 amide bonds. The van der Waals surface area contributed by atoms with Gasteiger partial charge in [-0.25, -0.2) is 9.59 Å². The van der Waals surface area contributed by atoms with Crippen molar-refractivity contribution in [3.05, 3.63) is 35.4 Å². The lowest BCUT2D eigenvalue weighted by Gasteiger charge is -2.23. The molecule has 3 N–H and O–H groups in total. The van der Waals surface area contributed by atoms with Crippen LogP contribution in [0.3, 0.4) is 0 Å². The van der Waals surface area contributed by atoms with Gasteiger partial charge in [-0.05, 0) is 24.0 Å². The Kier molecular flexibility index (Phi) is 5.16. The Hall–Kier alpha value is -2.08. The number of fused-ring (bicyclic) bond motifs is 1. The molecule has 0 spiro atoms. The second kappa shape index (κ2) is 7.08. The molecule has 1 aliphatic rings. The Labute approximate surface area is 123 Å². The maximum absolute atomic E-state index is 12.2. The van der Waals surface area contributed by atoms with Crippen LogP contribution in [-0.2, 0) is 17.8 Å². The number of carboxylic acid groups (broad SMARTS) is 1. The van der Waals surface area contributed by atoms with Crippen molar-refractivity contribution < 1.29 is 19.8 Å². The van der Waals surface area contributed by atoms with Gasteiger partial charge < -0.3 is 20.4 Å². The summed E-state index contributed by atoms with van der Waals surface area (Å²) in [6.45, 7) is 0.791. The molecule has 1 heterocycles. The first-order chi connectivity index (χ1) is 10.1. The van der Waals surface area contributed by atoms with Crippen LogP contribution in [0.25, 0.3) is 0 Å². The minimum Gasteiger partial charge on any atom is -0.480 e. The predicted molar refractivity (Wildman–Crippen MR) is 76.8 cm³/mol. The van der Waals surface area contributed by atoms with Crippen molar-refractivity contribution in [2.75, 3.05) is 13.2 Å². The van der Waals surface area contributed by atoms with E-state index in [1.165, 1.54) is 5.56 Å². The average molecular weight is 292 g/mol. The number of carboxylic acids is 1. The molecule has 6 nitrogen and oxygen atoms in total. The van der Waals surface area contributed by atoms with Gasteiger partial charge in [0, 0.05) is 26.1 Å². The highest BCUT2D eigenvalue weighted by Gasteiger charge is 2.24. The Morgan fingerprint density at radius 1 is 1.29 bits per heavy atom. The third kappa shape index (κ3) is 3.95. The molecule has 2 rings (SSSR count). The van der Waals surface area contributed by atoms with Crippen LogP contribution in [0.15, 0.2) is 24.3 Å². The topological polar surface area (TPSA) is 89.9 Å². The van der Waals surface area contributed by atoms with E-state index in [9.17, 15) is 9.59 Å². The van der Waals surface area contributed by atoms with Gasteiger partial charge in [0.1, 0.15) is 6.04 Å². The van der Waals surface area contributed by atoms with E-state index in [1.54, 1.807) is 4.90 Å². The molecule has 6 heteroatoms. The summed E-state index contributed by atoms with van der Waals surface area (Å²) in [5, 5.41) is 20.3. The van der Waals surface area contributed by atoms with E-state index in [4.69, 9.17) is 10.2 Å². The van der Waals surface area contributed by atoms with Gasteiger partial charge in [-0.2, -0.15) is 0 Å². The molecule has 0 bridgehead atoms. The first-order valence-electron chi connectivity index (χ1n) is 7.07. The van der Waals surface area contributed by atoms with Crippen molar-refractivity contribution >= 4 is 12.0 Å². The summed E-state index contributed by atoms with van der Waals surface area (Å²) in [6.07, 6.45) is 1.77. The van der Waals surface area contributed by atoms with E-state index in [0.717, 1.165) is 18.4 Å².